The molecule has 0 saturated heterocycles. The number of hydrogen-bond acceptors (Lipinski definition) is 2. The Morgan fingerprint density at radius 3 is 2.76 bits per heavy atom. The molecule has 0 spiro atoms. The standard InChI is InChI=1S/C15H15NO/c1-11-6-5-9-13(11)15-16-14(10-17-15)12-7-3-2-4-8-12/h2-9,13-14H,10H2,1H3/t13?,14-/m0/s1. The van der Waals surface area contributed by atoms with E-state index in [0.717, 1.165) is 5.90 Å². The third-order valence-electron chi connectivity index (χ3n) is 3.28. The Bertz CT molecular complexity index is 499. The zero-order chi connectivity index (χ0) is 11.7. The summed E-state index contributed by atoms with van der Waals surface area (Å²) in [4.78, 5) is 4.69. The summed E-state index contributed by atoms with van der Waals surface area (Å²) in [6.07, 6.45) is 6.33. The van der Waals surface area contributed by atoms with Crippen LogP contribution in [0.25, 0.3) is 0 Å². The van der Waals surface area contributed by atoms with Gasteiger partial charge in [0.05, 0.1) is 5.92 Å². The van der Waals surface area contributed by atoms with Crippen molar-refractivity contribution in [3.05, 3.63) is 59.7 Å². The van der Waals surface area contributed by atoms with Crippen LogP contribution in [0.3, 0.4) is 0 Å². The molecule has 0 aromatic heterocycles. The van der Waals surface area contributed by atoms with Gasteiger partial charge in [-0.2, -0.15) is 0 Å². The molecule has 86 valence electrons. The predicted molar refractivity (Wildman–Crippen MR) is 69.0 cm³/mol. The van der Waals surface area contributed by atoms with Crippen molar-refractivity contribution in [1.29, 1.82) is 0 Å². The molecule has 0 bridgehead atoms. The average molecular weight is 225 g/mol. The zero-order valence-electron chi connectivity index (χ0n) is 9.84. The van der Waals surface area contributed by atoms with Crippen molar-refractivity contribution in [1.82, 2.24) is 0 Å². The summed E-state index contributed by atoms with van der Waals surface area (Å²) in [6, 6.07) is 10.5. The van der Waals surface area contributed by atoms with Gasteiger partial charge in [0.15, 0.2) is 5.90 Å². The van der Waals surface area contributed by atoms with Crippen molar-refractivity contribution in [2.45, 2.75) is 13.0 Å². The van der Waals surface area contributed by atoms with Crippen LogP contribution in [-0.2, 0) is 4.74 Å². The first kappa shape index (κ1) is 10.3. The Kier molecular flexibility index (Phi) is 2.56. The van der Waals surface area contributed by atoms with E-state index in [-0.39, 0.29) is 12.0 Å². The highest BCUT2D eigenvalue weighted by Crippen LogP contribution is 2.29. The highest BCUT2D eigenvalue weighted by molar-refractivity contribution is 5.85. The van der Waals surface area contributed by atoms with E-state index in [1.54, 1.807) is 0 Å². The third kappa shape index (κ3) is 1.91. The first-order chi connectivity index (χ1) is 8.34. The van der Waals surface area contributed by atoms with Crippen molar-refractivity contribution >= 4 is 5.90 Å². The number of aliphatic imine (C=N–C) groups is 1. The molecule has 17 heavy (non-hydrogen) atoms. The second kappa shape index (κ2) is 4.21. The Hall–Kier alpha value is -1.83. The summed E-state index contributed by atoms with van der Waals surface area (Å²) in [6.45, 7) is 2.78. The van der Waals surface area contributed by atoms with E-state index in [2.05, 4.69) is 37.3 Å². The normalized spacial score (nSPS) is 26.6. The monoisotopic (exact) mass is 225 g/mol. The van der Waals surface area contributed by atoms with Crippen LogP contribution < -0.4 is 0 Å². The molecule has 3 rings (SSSR count). The zero-order valence-corrected chi connectivity index (χ0v) is 9.84. The fourth-order valence-corrected chi connectivity index (χ4v) is 2.26. The number of nitrogens with zero attached hydrogens (tertiary/aromatic N) is 1. The number of ether oxygens (including phenoxy) is 1. The van der Waals surface area contributed by atoms with E-state index >= 15 is 0 Å². The molecular formula is C15H15NO. The molecule has 0 fully saturated rings. The summed E-state index contributed by atoms with van der Waals surface area (Å²) < 4.78 is 5.73. The van der Waals surface area contributed by atoms with E-state index < -0.39 is 0 Å². The van der Waals surface area contributed by atoms with Crippen molar-refractivity contribution in [2.24, 2.45) is 10.9 Å². The predicted octanol–water partition coefficient (Wildman–Crippen LogP) is 3.29. The van der Waals surface area contributed by atoms with Gasteiger partial charge in [-0.15, -0.1) is 0 Å². The molecule has 0 N–H and O–H groups in total. The van der Waals surface area contributed by atoms with Crippen LogP contribution in [0.5, 0.6) is 0 Å². The number of allylic oxidation sites excluding steroid dienone is 2. The van der Waals surface area contributed by atoms with Crippen molar-refractivity contribution in [2.75, 3.05) is 6.61 Å². The maximum Gasteiger partial charge on any atom is 0.195 e. The van der Waals surface area contributed by atoms with Crippen molar-refractivity contribution in [3.63, 3.8) is 0 Å². The van der Waals surface area contributed by atoms with Crippen LogP contribution in [0.2, 0.25) is 0 Å². The maximum absolute atomic E-state index is 5.73. The second-order valence-electron chi connectivity index (χ2n) is 4.48. The SMILES string of the molecule is CC1=CC=CC1C1=N[C@H](c2ccccc2)CO1. The van der Waals surface area contributed by atoms with E-state index in [0.29, 0.717) is 6.61 Å². The Labute approximate surface area is 101 Å². The topological polar surface area (TPSA) is 21.6 Å². The van der Waals surface area contributed by atoms with Gasteiger partial charge in [0.1, 0.15) is 12.6 Å². The fraction of sp³-hybridized carbons (Fsp3) is 0.267. The molecule has 1 aliphatic carbocycles. The molecule has 0 saturated carbocycles. The van der Waals surface area contributed by atoms with Crippen LogP contribution in [-0.4, -0.2) is 12.5 Å². The van der Waals surface area contributed by atoms with E-state index in [4.69, 9.17) is 9.73 Å². The Balaban J connectivity index is 1.82. The Morgan fingerprint density at radius 1 is 1.24 bits per heavy atom. The molecule has 1 aromatic rings. The van der Waals surface area contributed by atoms with Gasteiger partial charge >= 0.3 is 0 Å². The summed E-state index contributed by atoms with van der Waals surface area (Å²) >= 11 is 0. The molecule has 1 aromatic carbocycles. The molecule has 2 aliphatic rings. The van der Waals surface area contributed by atoms with Crippen LogP contribution in [0.15, 0.2) is 59.1 Å². The summed E-state index contributed by atoms with van der Waals surface area (Å²) in [5.41, 5.74) is 2.53. The minimum absolute atomic E-state index is 0.160. The summed E-state index contributed by atoms with van der Waals surface area (Å²) in [7, 11) is 0. The molecule has 1 unspecified atom stereocenters. The van der Waals surface area contributed by atoms with Gasteiger partial charge < -0.3 is 4.74 Å². The first-order valence-electron chi connectivity index (χ1n) is 5.95. The fourth-order valence-electron chi connectivity index (χ4n) is 2.26. The van der Waals surface area contributed by atoms with Gasteiger partial charge in [-0.3, -0.25) is 0 Å². The smallest absolute Gasteiger partial charge is 0.195 e. The lowest BCUT2D eigenvalue weighted by molar-refractivity contribution is 0.308. The lowest BCUT2D eigenvalue weighted by Gasteiger charge is -2.08. The van der Waals surface area contributed by atoms with Gasteiger partial charge in [0.25, 0.3) is 0 Å². The largest absolute Gasteiger partial charge is 0.478 e. The lowest BCUT2D eigenvalue weighted by Crippen LogP contribution is -2.11. The minimum Gasteiger partial charge on any atom is -0.478 e. The molecule has 2 atom stereocenters. The van der Waals surface area contributed by atoms with Gasteiger partial charge in [0, 0.05) is 0 Å². The quantitative estimate of drug-likeness (QED) is 0.756. The lowest BCUT2D eigenvalue weighted by atomic mass is 10.0. The molecule has 2 heteroatoms. The minimum atomic E-state index is 0.160. The molecule has 1 aliphatic heterocycles. The number of hydrogen-bond donors (Lipinski definition) is 0. The highest BCUT2D eigenvalue weighted by Gasteiger charge is 2.27. The third-order valence-corrected chi connectivity index (χ3v) is 3.28. The summed E-state index contributed by atoms with van der Waals surface area (Å²) in [5, 5.41) is 0. The van der Waals surface area contributed by atoms with E-state index in [1.807, 2.05) is 18.2 Å². The maximum atomic E-state index is 5.73. The number of benzene rings is 1. The van der Waals surface area contributed by atoms with Crippen LogP contribution in [0, 0.1) is 5.92 Å². The van der Waals surface area contributed by atoms with Crippen LogP contribution in [0.1, 0.15) is 18.5 Å². The molecular weight excluding hydrogens is 210 g/mol. The Morgan fingerprint density at radius 2 is 2.06 bits per heavy atom. The van der Waals surface area contributed by atoms with Crippen molar-refractivity contribution < 1.29 is 4.74 Å². The van der Waals surface area contributed by atoms with Crippen LogP contribution in [0.4, 0.5) is 0 Å². The summed E-state index contributed by atoms with van der Waals surface area (Å²) in [5.74, 6) is 1.12. The van der Waals surface area contributed by atoms with Gasteiger partial charge in [-0.1, -0.05) is 54.1 Å². The molecule has 0 amide bonds. The molecule has 2 nitrogen and oxygen atoms in total. The second-order valence-corrected chi connectivity index (χ2v) is 4.48. The van der Waals surface area contributed by atoms with Gasteiger partial charge in [-0.05, 0) is 12.5 Å². The van der Waals surface area contributed by atoms with E-state index in [9.17, 15) is 0 Å². The van der Waals surface area contributed by atoms with Gasteiger partial charge in [0.2, 0.25) is 0 Å². The average Bonchev–Trinajstić information content (AvgIpc) is 2.98. The number of rotatable bonds is 2. The molecule has 0 radical (unpaired) electrons. The first-order valence-corrected chi connectivity index (χ1v) is 5.95. The van der Waals surface area contributed by atoms with Gasteiger partial charge in [-0.25, -0.2) is 4.99 Å². The molecule has 1 heterocycles. The highest BCUT2D eigenvalue weighted by atomic mass is 16.5. The van der Waals surface area contributed by atoms with E-state index in [1.165, 1.54) is 11.1 Å². The van der Waals surface area contributed by atoms with Crippen LogP contribution >= 0.6 is 0 Å². The van der Waals surface area contributed by atoms with Crippen molar-refractivity contribution in [3.8, 4) is 0 Å².